The van der Waals surface area contributed by atoms with Crippen LogP contribution in [0.25, 0.3) is 0 Å². The van der Waals surface area contributed by atoms with Gasteiger partial charge in [-0.1, -0.05) is 331 Å². The molecule has 0 saturated carbocycles. The van der Waals surface area contributed by atoms with Gasteiger partial charge in [0.05, 0.1) is 26.4 Å². The molecule has 0 saturated heterocycles. The van der Waals surface area contributed by atoms with E-state index in [-0.39, 0.29) is 25.7 Å². The van der Waals surface area contributed by atoms with Crippen molar-refractivity contribution in [2.45, 2.75) is 401 Å². The SMILES string of the molecule is CCCCCCCCCCCCCCCCCC(=O)OC[C@H](COP(=O)(O)OC[C@@H](O)COP(=O)(O)OC[C@@H](COC(=O)CCCCCCCCC(C)CC)OC(=O)CCCCCCCCCCCC(C)C)OC(=O)CCCCCCCCCCCCCCCCC(C)C. The summed E-state index contributed by atoms with van der Waals surface area (Å²) in [6, 6.07) is 0. The van der Waals surface area contributed by atoms with Crippen LogP contribution < -0.4 is 0 Å². The Morgan fingerprint density at radius 2 is 0.543 bits per heavy atom. The van der Waals surface area contributed by atoms with Gasteiger partial charge in [-0.15, -0.1) is 0 Å². The molecule has 19 heteroatoms. The first-order chi connectivity index (χ1) is 45.3. The van der Waals surface area contributed by atoms with Crippen LogP contribution in [0.2, 0.25) is 0 Å². The lowest BCUT2D eigenvalue weighted by Crippen LogP contribution is -2.30. The number of phosphoric ester groups is 2. The van der Waals surface area contributed by atoms with Gasteiger partial charge in [-0.2, -0.15) is 0 Å². The van der Waals surface area contributed by atoms with Crippen LogP contribution in [0.3, 0.4) is 0 Å². The summed E-state index contributed by atoms with van der Waals surface area (Å²) in [5, 5.41) is 10.6. The lowest BCUT2D eigenvalue weighted by Gasteiger charge is -2.21. The maximum Gasteiger partial charge on any atom is 0.472 e. The summed E-state index contributed by atoms with van der Waals surface area (Å²) in [6.07, 6.45) is 51.3. The Morgan fingerprint density at radius 1 is 0.309 bits per heavy atom. The van der Waals surface area contributed by atoms with Crippen molar-refractivity contribution in [3.05, 3.63) is 0 Å². The number of esters is 4. The highest BCUT2D eigenvalue weighted by molar-refractivity contribution is 7.47. The molecule has 0 aliphatic carbocycles. The second kappa shape index (κ2) is 65.7. The molecular formula is C75H146O17P2. The van der Waals surface area contributed by atoms with Crippen LogP contribution in [-0.2, 0) is 65.4 Å². The van der Waals surface area contributed by atoms with Gasteiger partial charge in [-0.25, -0.2) is 9.13 Å². The quantitative estimate of drug-likeness (QED) is 0.0222. The van der Waals surface area contributed by atoms with Crippen LogP contribution in [0.4, 0.5) is 0 Å². The maximum atomic E-state index is 13.1. The van der Waals surface area contributed by atoms with Gasteiger partial charge in [0.25, 0.3) is 0 Å². The molecule has 0 aromatic heterocycles. The molecule has 558 valence electrons. The Bertz CT molecular complexity index is 1840. The summed E-state index contributed by atoms with van der Waals surface area (Å²) < 4.78 is 68.5. The molecule has 0 radical (unpaired) electrons. The van der Waals surface area contributed by atoms with E-state index in [4.69, 9.17) is 37.0 Å². The van der Waals surface area contributed by atoms with Gasteiger partial charge >= 0.3 is 39.5 Å². The zero-order chi connectivity index (χ0) is 69.4. The molecule has 3 unspecified atom stereocenters. The number of phosphoric acid groups is 2. The first kappa shape index (κ1) is 92.1. The summed E-state index contributed by atoms with van der Waals surface area (Å²) >= 11 is 0. The highest BCUT2D eigenvalue weighted by Crippen LogP contribution is 2.45. The molecule has 0 aliphatic rings. The van der Waals surface area contributed by atoms with Crippen LogP contribution in [0.15, 0.2) is 0 Å². The molecule has 0 heterocycles. The summed E-state index contributed by atoms with van der Waals surface area (Å²) in [7, 11) is -9.91. The van der Waals surface area contributed by atoms with E-state index in [0.717, 1.165) is 114 Å². The Labute approximate surface area is 575 Å². The van der Waals surface area contributed by atoms with Crippen LogP contribution in [0, 0.1) is 17.8 Å². The van der Waals surface area contributed by atoms with Crippen molar-refractivity contribution < 1.29 is 80.2 Å². The van der Waals surface area contributed by atoms with E-state index < -0.39 is 97.5 Å². The van der Waals surface area contributed by atoms with E-state index in [1.807, 2.05) is 0 Å². The monoisotopic (exact) mass is 1380 g/mol. The molecule has 17 nitrogen and oxygen atoms in total. The molecule has 3 N–H and O–H groups in total. The molecule has 0 spiro atoms. The third kappa shape index (κ3) is 67.3. The summed E-state index contributed by atoms with van der Waals surface area (Å²) in [4.78, 5) is 72.8. The van der Waals surface area contributed by atoms with Crippen LogP contribution in [0.5, 0.6) is 0 Å². The number of ether oxygens (including phenoxy) is 4. The third-order valence-electron chi connectivity index (χ3n) is 17.7. The number of aliphatic hydroxyl groups excluding tert-OH is 1. The number of aliphatic hydroxyl groups is 1. The summed E-state index contributed by atoms with van der Waals surface area (Å²) in [5.41, 5.74) is 0. The number of rotatable bonds is 73. The van der Waals surface area contributed by atoms with Crippen molar-refractivity contribution in [1.82, 2.24) is 0 Å². The largest absolute Gasteiger partial charge is 0.472 e. The fraction of sp³-hybridized carbons (Fsp3) is 0.947. The minimum absolute atomic E-state index is 0.104. The van der Waals surface area contributed by atoms with Crippen LogP contribution in [-0.4, -0.2) is 96.7 Å². The van der Waals surface area contributed by atoms with Crippen LogP contribution in [0.1, 0.15) is 382 Å². The maximum absolute atomic E-state index is 13.1. The molecular weight excluding hydrogens is 1230 g/mol. The topological polar surface area (TPSA) is 237 Å². The molecule has 0 aliphatic heterocycles. The summed E-state index contributed by atoms with van der Waals surface area (Å²) in [6.45, 7) is 11.9. The molecule has 0 rings (SSSR count). The van der Waals surface area contributed by atoms with Crippen molar-refractivity contribution in [2.75, 3.05) is 39.6 Å². The molecule has 0 aromatic rings. The van der Waals surface area contributed by atoms with Gasteiger partial charge in [-0.3, -0.25) is 37.3 Å². The predicted octanol–water partition coefficient (Wildman–Crippen LogP) is 21.8. The first-order valence-corrected chi connectivity index (χ1v) is 41.9. The Morgan fingerprint density at radius 3 is 0.809 bits per heavy atom. The molecule has 0 fully saturated rings. The Hall–Kier alpha value is -1.94. The van der Waals surface area contributed by atoms with Gasteiger partial charge in [0.2, 0.25) is 0 Å². The van der Waals surface area contributed by atoms with Gasteiger partial charge < -0.3 is 33.8 Å². The van der Waals surface area contributed by atoms with Crippen molar-refractivity contribution in [3.8, 4) is 0 Å². The van der Waals surface area contributed by atoms with E-state index in [9.17, 15) is 43.2 Å². The van der Waals surface area contributed by atoms with E-state index in [0.29, 0.717) is 25.7 Å². The molecule has 0 aromatic carbocycles. The van der Waals surface area contributed by atoms with E-state index in [1.54, 1.807) is 0 Å². The van der Waals surface area contributed by atoms with Gasteiger partial charge in [-0.05, 0) is 43.4 Å². The second-order valence-electron chi connectivity index (χ2n) is 28.2. The molecule has 0 amide bonds. The number of unbranched alkanes of at least 4 members (excludes halogenated alkanes) is 40. The molecule has 0 bridgehead atoms. The van der Waals surface area contributed by atoms with Crippen molar-refractivity contribution in [3.63, 3.8) is 0 Å². The Kier molecular flexibility index (Phi) is 64.3. The van der Waals surface area contributed by atoms with Crippen molar-refractivity contribution >= 4 is 39.5 Å². The van der Waals surface area contributed by atoms with E-state index in [1.165, 1.54) is 186 Å². The first-order valence-electron chi connectivity index (χ1n) is 38.9. The second-order valence-corrected chi connectivity index (χ2v) is 31.1. The fourth-order valence-electron chi connectivity index (χ4n) is 11.4. The number of hydrogen-bond donors (Lipinski definition) is 3. The lowest BCUT2D eigenvalue weighted by atomic mass is 10.00. The number of hydrogen-bond acceptors (Lipinski definition) is 15. The van der Waals surface area contributed by atoms with Gasteiger partial charge in [0, 0.05) is 25.7 Å². The van der Waals surface area contributed by atoms with Crippen molar-refractivity contribution in [1.29, 1.82) is 0 Å². The third-order valence-corrected chi connectivity index (χ3v) is 19.6. The standard InChI is InChI=1S/C75H146O17P2/c1-8-10-11-12-13-14-15-16-17-21-24-29-34-42-49-56-72(77)85-62-70(91-74(79)58-51-44-35-30-25-22-19-18-20-23-27-32-39-46-53-66(3)4)64-89-93(81,82)87-60-69(76)61-88-94(83,84)90-65-71(63-86-73(78)57-50-43-38-37-41-48-55-68(7)9-2)92-75(80)59-52-45-36-31-26-28-33-40-47-54-67(5)6/h66-71,76H,8-65H2,1-7H3,(H,81,82)(H,83,84)/t68?,69-,70-,71-/m1/s1. The number of carbonyl (C=O) groups is 4. The highest BCUT2D eigenvalue weighted by atomic mass is 31.2. The van der Waals surface area contributed by atoms with E-state index >= 15 is 0 Å². The van der Waals surface area contributed by atoms with E-state index in [2.05, 4.69) is 48.5 Å². The fourth-order valence-corrected chi connectivity index (χ4v) is 13.0. The van der Waals surface area contributed by atoms with Crippen LogP contribution >= 0.6 is 15.6 Å². The minimum Gasteiger partial charge on any atom is -0.462 e. The predicted molar refractivity (Wildman–Crippen MR) is 381 cm³/mol. The van der Waals surface area contributed by atoms with Crippen molar-refractivity contribution in [2.24, 2.45) is 17.8 Å². The smallest absolute Gasteiger partial charge is 0.462 e. The molecule has 6 atom stereocenters. The Balaban J connectivity index is 5.25. The zero-order valence-corrected chi connectivity index (χ0v) is 63.2. The van der Waals surface area contributed by atoms with Gasteiger partial charge in [0.15, 0.2) is 12.2 Å². The zero-order valence-electron chi connectivity index (χ0n) is 61.4. The number of carbonyl (C=O) groups excluding carboxylic acids is 4. The summed E-state index contributed by atoms with van der Waals surface area (Å²) in [5.74, 6) is 0.143. The average molecular weight is 1380 g/mol. The van der Waals surface area contributed by atoms with Gasteiger partial charge in [0.1, 0.15) is 19.3 Å². The molecule has 94 heavy (non-hydrogen) atoms. The minimum atomic E-state index is -4.96. The highest BCUT2D eigenvalue weighted by Gasteiger charge is 2.30. The average Bonchev–Trinajstić information content (AvgIpc) is 1.31. The lowest BCUT2D eigenvalue weighted by molar-refractivity contribution is -0.161. The normalized spacial score (nSPS) is 14.4.